The number of carbonyl (C=O) groups is 1. The topological polar surface area (TPSA) is 118 Å². The van der Waals surface area contributed by atoms with E-state index in [2.05, 4.69) is 31.9 Å². The average Bonchev–Trinajstić information content (AvgIpc) is 3.31. The number of amides is 1. The predicted octanol–water partition coefficient (Wildman–Crippen LogP) is 3.04. The van der Waals surface area contributed by atoms with E-state index in [1.54, 1.807) is 28.9 Å². The van der Waals surface area contributed by atoms with Gasteiger partial charge in [0, 0.05) is 35.3 Å². The SMILES string of the molecule is C=CC(=O)Nc1cccc(Oc2cnc3[nH]cc(-c4cn(CCO)nc4C)c3n2)c1. The second kappa shape index (κ2) is 8.18. The van der Waals surface area contributed by atoms with Crippen LogP contribution in [0.3, 0.4) is 0 Å². The molecule has 3 N–H and O–H groups in total. The molecule has 0 saturated carbocycles. The lowest BCUT2D eigenvalue weighted by atomic mass is 10.1. The van der Waals surface area contributed by atoms with Crippen molar-refractivity contribution >= 4 is 22.8 Å². The highest BCUT2D eigenvalue weighted by Crippen LogP contribution is 2.31. The summed E-state index contributed by atoms with van der Waals surface area (Å²) < 4.78 is 7.55. The summed E-state index contributed by atoms with van der Waals surface area (Å²) in [7, 11) is 0. The monoisotopic (exact) mass is 404 g/mol. The van der Waals surface area contributed by atoms with Gasteiger partial charge in [-0.1, -0.05) is 12.6 Å². The summed E-state index contributed by atoms with van der Waals surface area (Å²) in [4.78, 5) is 23.6. The van der Waals surface area contributed by atoms with Crippen LogP contribution in [0.25, 0.3) is 22.3 Å². The smallest absolute Gasteiger partial charge is 0.247 e. The van der Waals surface area contributed by atoms with Crippen molar-refractivity contribution < 1.29 is 14.6 Å². The lowest BCUT2D eigenvalue weighted by Crippen LogP contribution is -2.07. The molecule has 0 spiro atoms. The van der Waals surface area contributed by atoms with Gasteiger partial charge >= 0.3 is 0 Å². The summed E-state index contributed by atoms with van der Waals surface area (Å²) in [6.45, 7) is 5.77. The molecule has 0 aliphatic carbocycles. The molecule has 0 unspecified atom stereocenters. The van der Waals surface area contributed by atoms with Crippen molar-refractivity contribution in [3.05, 3.63) is 61.2 Å². The first-order valence-electron chi connectivity index (χ1n) is 9.28. The summed E-state index contributed by atoms with van der Waals surface area (Å²) in [6, 6.07) is 6.96. The van der Waals surface area contributed by atoms with Crippen molar-refractivity contribution in [3.63, 3.8) is 0 Å². The zero-order valence-electron chi connectivity index (χ0n) is 16.3. The zero-order chi connectivity index (χ0) is 21.1. The maximum Gasteiger partial charge on any atom is 0.247 e. The van der Waals surface area contributed by atoms with Crippen LogP contribution >= 0.6 is 0 Å². The van der Waals surface area contributed by atoms with E-state index in [0.717, 1.165) is 16.8 Å². The number of hydrogen-bond acceptors (Lipinski definition) is 6. The number of ether oxygens (including phenoxy) is 1. The first kappa shape index (κ1) is 19.3. The van der Waals surface area contributed by atoms with Crippen molar-refractivity contribution in [2.45, 2.75) is 13.5 Å². The molecule has 1 amide bonds. The number of aliphatic hydroxyl groups excluding tert-OH is 1. The number of aromatic nitrogens is 5. The predicted molar refractivity (Wildman–Crippen MR) is 112 cm³/mol. The Labute approximate surface area is 172 Å². The number of fused-ring (bicyclic) bond motifs is 1. The first-order chi connectivity index (χ1) is 14.6. The highest BCUT2D eigenvalue weighted by Gasteiger charge is 2.15. The van der Waals surface area contributed by atoms with Crippen LogP contribution in [-0.2, 0) is 11.3 Å². The Hall–Kier alpha value is -3.98. The van der Waals surface area contributed by atoms with Gasteiger partial charge in [-0.2, -0.15) is 5.10 Å². The minimum Gasteiger partial charge on any atom is -0.437 e. The Morgan fingerprint density at radius 3 is 3.07 bits per heavy atom. The number of anilines is 1. The molecule has 4 aromatic rings. The highest BCUT2D eigenvalue weighted by molar-refractivity contribution is 5.99. The van der Waals surface area contributed by atoms with Crippen LogP contribution in [0.2, 0.25) is 0 Å². The minimum absolute atomic E-state index is 0.0125. The maximum absolute atomic E-state index is 11.5. The molecule has 0 aliphatic rings. The number of H-pyrrole nitrogens is 1. The van der Waals surface area contributed by atoms with Gasteiger partial charge in [0.05, 0.1) is 25.0 Å². The second-order valence-corrected chi connectivity index (χ2v) is 6.55. The molecule has 9 nitrogen and oxygen atoms in total. The van der Waals surface area contributed by atoms with Crippen LogP contribution in [0.5, 0.6) is 11.6 Å². The van der Waals surface area contributed by atoms with E-state index in [-0.39, 0.29) is 12.5 Å². The van der Waals surface area contributed by atoms with Gasteiger partial charge in [0.1, 0.15) is 11.3 Å². The van der Waals surface area contributed by atoms with Crippen LogP contribution in [0, 0.1) is 6.92 Å². The van der Waals surface area contributed by atoms with Crippen LogP contribution < -0.4 is 10.1 Å². The van der Waals surface area contributed by atoms with E-state index in [4.69, 9.17) is 9.84 Å². The zero-order valence-corrected chi connectivity index (χ0v) is 16.3. The summed E-state index contributed by atoms with van der Waals surface area (Å²) >= 11 is 0. The molecule has 0 atom stereocenters. The molecule has 0 radical (unpaired) electrons. The average molecular weight is 404 g/mol. The number of aryl methyl sites for hydroxylation is 1. The van der Waals surface area contributed by atoms with E-state index in [0.29, 0.717) is 35.0 Å². The number of benzene rings is 1. The lowest BCUT2D eigenvalue weighted by molar-refractivity contribution is -0.111. The Morgan fingerprint density at radius 1 is 1.40 bits per heavy atom. The Kier molecular flexibility index (Phi) is 5.27. The van der Waals surface area contributed by atoms with Crippen molar-refractivity contribution in [1.82, 2.24) is 24.7 Å². The number of nitrogens with one attached hydrogen (secondary N) is 2. The van der Waals surface area contributed by atoms with Gasteiger partial charge < -0.3 is 20.1 Å². The minimum atomic E-state index is -0.303. The van der Waals surface area contributed by atoms with E-state index in [1.165, 1.54) is 12.3 Å². The van der Waals surface area contributed by atoms with Crippen molar-refractivity contribution in [2.24, 2.45) is 0 Å². The summed E-state index contributed by atoms with van der Waals surface area (Å²) in [6.07, 6.45) is 6.42. The molecule has 9 heteroatoms. The number of aliphatic hydroxyl groups is 1. The third-order valence-corrected chi connectivity index (χ3v) is 4.43. The molecule has 0 aliphatic heterocycles. The van der Waals surface area contributed by atoms with E-state index in [9.17, 15) is 4.79 Å². The number of carbonyl (C=O) groups excluding carboxylic acids is 1. The van der Waals surface area contributed by atoms with Crippen LogP contribution in [0.4, 0.5) is 5.69 Å². The molecule has 0 bridgehead atoms. The van der Waals surface area contributed by atoms with Crippen molar-refractivity contribution in [3.8, 4) is 22.8 Å². The number of nitrogens with zero attached hydrogens (tertiary/aromatic N) is 4. The van der Waals surface area contributed by atoms with Crippen LogP contribution in [0.15, 0.2) is 55.5 Å². The van der Waals surface area contributed by atoms with Gasteiger partial charge in [0.2, 0.25) is 11.8 Å². The third kappa shape index (κ3) is 3.91. The lowest BCUT2D eigenvalue weighted by Gasteiger charge is -2.07. The van der Waals surface area contributed by atoms with Gasteiger partial charge in [-0.05, 0) is 25.1 Å². The molecule has 30 heavy (non-hydrogen) atoms. The fourth-order valence-corrected chi connectivity index (χ4v) is 3.08. The molecular weight excluding hydrogens is 384 g/mol. The van der Waals surface area contributed by atoms with Gasteiger partial charge in [0.25, 0.3) is 0 Å². The van der Waals surface area contributed by atoms with E-state index >= 15 is 0 Å². The van der Waals surface area contributed by atoms with E-state index in [1.807, 2.05) is 19.3 Å². The molecule has 0 saturated heterocycles. The van der Waals surface area contributed by atoms with Crippen LogP contribution in [-0.4, -0.2) is 42.4 Å². The molecule has 1 aromatic carbocycles. The Bertz CT molecular complexity index is 1230. The number of hydrogen-bond donors (Lipinski definition) is 3. The number of aromatic amines is 1. The number of rotatable bonds is 7. The van der Waals surface area contributed by atoms with Crippen molar-refractivity contribution in [2.75, 3.05) is 11.9 Å². The van der Waals surface area contributed by atoms with Gasteiger partial charge in [-0.3, -0.25) is 9.48 Å². The normalized spacial score (nSPS) is 10.9. The maximum atomic E-state index is 11.5. The molecule has 152 valence electrons. The summed E-state index contributed by atoms with van der Waals surface area (Å²) in [5.74, 6) is 0.521. The largest absolute Gasteiger partial charge is 0.437 e. The molecule has 3 heterocycles. The standard InChI is InChI=1S/C21H20N6O3/c1-3-18(29)24-14-5-4-6-15(9-14)30-19-11-23-21-20(25-19)16(10-22-21)17-12-27(7-8-28)26-13(17)2/h3-6,9-12,28H,1,7-8H2,2H3,(H,22,23)(H,24,29). The van der Waals surface area contributed by atoms with Crippen molar-refractivity contribution in [1.29, 1.82) is 0 Å². The Balaban J connectivity index is 1.64. The summed E-state index contributed by atoms with van der Waals surface area (Å²) in [5, 5.41) is 16.2. The highest BCUT2D eigenvalue weighted by atomic mass is 16.5. The van der Waals surface area contributed by atoms with Gasteiger partial charge in [-0.15, -0.1) is 0 Å². The third-order valence-electron chi connectivity index (χ3n) is 4.43. The first-order valence-corrected chi connectivity index (χ1v) is 9.28. The fourth-order valence-electron chi connectivity index (χ4n) is 3.08. The Morgan fingerprint density at radius 2 is 2.27 bits per heavy atom. The summed E-state index contributed by atoms with van der Waals surface area (Å²) in [5.41, 5.74) is 4.42. The quantitative estimate of drug-likeness (QED) is 0.408. The molecular formula is C21H20N6O3. The second-order valence-electron chi connectivity index (χ2n) is 6.55. The van der Waals surface area contributed by atoms with Gasteiger partial charge in [0.15, 0.2) is 5.65 Å². The fraction of sp³-hybridized carbons (Fsp3) is 0.143. The van der Waals surface area contributed by atoms with E-state index < -0.39 is 0 Å². The molecule has 4 rings (SSSR count). The van der Waals surface area contributed by atoms with Crippen LogP contribution in [0.1, 0.15) is 5.69 Å². The van der Waals surface area contributed by atoms with Gasteiger partial charge in [-0.25, -0.2) is 9.97 Å². The molecule has 0 fully saturated rings. The molecule has 3 aromatic heterocycles.